The number of nitrogens with zero attached hydrogens (tertiary/aromatic N) is 5. The van der Waals surface area contributed by atoms with Crippen LogP contribution >= 0.6 is 11.6 Å². The van der Waals surface area contributed by atoms with Crippen molar-refractivity contribution in [2.24, 2.45) is 0 Å². The third-order valence-corrected chi connectivity index (χ3v) is 4.30. The van der Waals surface area contributed by atoms with E-state index in [9.17, 15) is 14.9 Å². The summed E-state index contributed by atoms with van der Waals surface area (Å²) in [6.45, 7) is 2.34. The number of hydrogen-bond acceptors (Lipinski definition) is 8. The van der Waals surface area contributed by atoms with Crippen LogP contribution in [0.25, 0.3) is 0 Å². The highest BCUT2D eigenvalue weighted by Gasteiger charge is 2.27. The van der Waals surface area contributed by atoms with Crippen LogP contribution in [0.15, 0.2) is 30.6 Å². The normalized spacial score (nSPS) is 14.2. The van der Waals surface area contributed by atoms with Crippen molar-refractivity contribution >= 4 is 34.9 Å². The van der Waals surface area contributed by atoms with Gasteiger partial charge in [0, 0.05) is 44.6 Å². The number of esters is 1. The summed E-state index contributed by atoms with van der Waals surface area (Å²) in [6, 6.07) is 4.80. The van der Waals surface area contributed by atoms with E-state index < -0.39 is 10.9 Å². The second-order valence-corrected chi connectivity index (χ2v) is 6.06. The van der Waals surface area contributed by atoms with Gasteiger partial charge in [0.25, 0.3) is 0 Å². The van der Waals surface area contributed by atoms with Crippen molar-refractivity contribution in [1.29, 1.82) is 0 Å². The Morgan fingerprint density at radius 1 is 1.19 bits per heavy atom. The molecule has 0 unspecified atom stereocenters. The second kappa shape index (κ2) is 7.52. The molecule has 26 heavy (non-hydrogen) atoms. The molecular formula is C16H16ClN5O4. The Kier molecular flexibility index (Phi) is 5.17. The number of methoxy groups -OCH3 is 1. The number of carbonyl (C=O) groups is 1. The molecule has 9 nitrogen and oxygen atoms in total. The summed E-state index contributed by atoms with van der Waals surface area (Å²) in [5.74, 6) is 0.384. The van der Waals surface area contributed by atoms with E-state index in [4.69, 9.17) is 11.6 Å². The molecule has 2 aromatic rings. The van der Waals surface area contributed by atoms with E-state index in [-0.39, 0.29) is 17.1 Å². The third-order valence-electron chi connectivity index (χ3n) is 4.08. The van der Waals surface area contributed by atoms with Crippen LogP contribution in [0.5, 0.6) is 0 Å². The van der Waals surface area contributed by atoms with Crippen molar-refractivity contribution in [2.75, 3.05) is 43.1 Å². The lowest BCUT2D eigenvalue weighted by Gasteiger charge is -2.35. The molecule has 1 saturated heterocycles. The number of anilines is 2. The molecule has 0 atom stereocenters. The Hall–Kier alpha value is -2.94. The Bertz CT molecular complexity index is 822. The van der Waals surface area contributed by atoms with Gasteiger partial charge < -0.3 is 14.5 Å². The summed E-state index contributed by atoms with van der Waals surface area (Å²) >= 11 is 5.85. The largest absolute Gasteiger partial charge is 0.465 e. The van der Waals surface area contributed by atoms with E-state index in [1.165, 1.54) is 19.4 Å². The summed E-state index contributed by atoms with van der Waals surface area (Å²) in [5.41, 5.74) is -0.169. The van der Waals surface area contributed by atoms with Crippen molar-refractivity contribution in [3.63, 3.8) is 0 Å². The zero-order valence-corrected chi connectivity index (χ0v) is 14.7. The molecule has 0 spiro atoms. The highest BCUT2D eigenvalue weighted by atomic mass is 35.5. The standard InChI is InChI=1S/C16H16ClN5O4/c1-26-16(23)11-8-13(22(24)25)15(19-9-11)21-6-4-20(5-7-21)14-3-2-12(17)10-18-14/h2-3,8-10H,4-7H2,1H3. The monoisotopic (exact) mass is 377 g/mol. The number of pyridine rings is 2. The topological polar surface area (TPSA) is 102 Å². The van der Waals surface area contributed by atoms with Gasteiger partial charge in [-0.1, -0.05) is 11.6 Å². The minimum Gasteiger partial charge on any atom is -0.465 e. The Morgan fingerprint density at radius 2 is 1.88 bits per heavy atom. The van der Waals surface area contributed by atoms with Gasteiger partial charge in [0.15, 0.2) is 0 Å². The van der Waals surface area contributed by atoms with E-state index in [0.29, 0.717) is 31.2 Å². The highest BCUT2D eigenvalue weighted by Crippen LogP contribution is 2.28. The Morgan fingerprint density at radius 3 is 2.46 bits per heavy atom. The lowest BCUT2D eigenvalue weighted by molar-refractivity contribution is -0.384. The number of hydrogen-bond donors (Lipinski definition) is 0. The lowest BCUT2D eigenvalue weighted by atomic mass is 10.2. The van der Waals surface area contributed by atoms with Gasteiger partial charge in [0.1, 0.15) is 5.82 Å². The first-order valence-electron chi connectivity index (χ1n) is 7.84. The van der Waals surface area contributed by atoms with Gasteiger partial charge >= 0.3 is 11.7 Å². The smallest absolute Gasteiger partial charge is 0.339 e. The van der Waals surface area contributed by atoms with Crippen LogP contribution in [-0.2, 0) is 4.74 Å². The number of carbonyl (C=O) groups excluding carboxylic acids is 1. The Balaban J connectivity index is 1.77. The first kappa shape index (κ1) is 17.9. The van der Waals surface area contributed by atoms with Gasteiger partial charge in [-0.05, 0) is 12.1 Å². The quantitative estimate of drug-likeness (QED) is 0.453. The molecule has 0 aliphatic carbocycles. The fourth-order valence-electron chi connectivity index (χ4n) is 2.76. The zero-order chi connectivity index (χ0) is 18.7. The second-order valence-electron chi connectivity index (χ2n) is 5.62. The number of piperazine rings is 1. The zero-order valence-electron chi connectivity index (χ0n) is 14.0. The summed E-state index contributed by atoms with van der Waals surface area (Å²) in [5, 5.41) is 12.0. The van der Waals surface area contributed by atoms with E-state index in [1.807, 2.05) is 11.0 Å². The van der Waals surface area contributed by atoms with Gasteiger partial charge in [-0.15, -0.1) is 0 Å². The van der Waals surface area contributed by atoms with Gasteiger partial charge in [-0.25, -0.2) is 14.8 Å². The van der Waals surface area contributed by atoms with Crippen LogP contribution in [0.2, 0.25) is 5.02 Å². The third kappa shape index (κ3) is 3.67. The minimum absolute atomic E-state index is 0.0481. The van der Waals surface area contributed by atoms with Gasteiger partial charge in [-0.3, -0.25) is 10.1 Å². The highest BCUT2D eigenvalue weighted by molar-refractivity contribution is 6.30. The predicted molar refractivity (Wildman–Crippen MR) is 95.9 cm³/mol. The van der Waals surface area contributed by atoms with Crippen LogP contribution in [-0.4, -0.2) is 54.1 Å². The van der Waals surface area contributed by atoms with E-state index >= 15 is 0 Å². The number of halogens is 1. The van der Waals surface area contributed by atoms with Crippen molar-refractivity contribution in [1.82, 2.24) is 9.97 Å². The number of ether oxygens (including phenoxy) is 1. The number of nitro groups is 1. The molecule has 10 heteroatoms. The summed E-state index contributed by atoms with van der Waals surface area (Å²) in [6.07, 6.45) is 2.88. The lowest BCUT2D eigenvalue weighted by Crippen LogP contribution is -2.47. The molecule has 136 valence electrons. The molecule has 3 heterocycles. The molecule has 0 amide bonds. The van der Waals surface area contributed by atoms with Crippen LogP contribution < -0.4 is 9.80 Å². The first-order valence-corrected chi connectivity index (χ1v) is 8.21. The maximum absolute atomic E-state index is 11.6. The maximum Gasteiger partial charge on any atom is 0.339 e. The fourth-order valence-corrected chi connectivity index (χ4v) is 2.87. The molecule has 2 aromatic heterocycles. The molecule has 0 N–H and O–H groups in total. The van der Waals surface area contributed by atoms with Crippen LogP contribution in [0.1, 0.15) is 10.4 Å². The van der Waals surface area contributed by atoms with Crippen molar-refractivity contribution < 1.29 is 14.5 Å². The average Bonchev–Trinajstić information content (AvgIpc) is 2.67. The van der Waals surface area contributed by atoms with Gasteiger partial charge in [-0.2, -0.15) is 0 Å². The number of aromatic nitrogens is 2. The van der Waals surface area contributed by atoms with Crippen LogP contribution in [0, 0.1) is 10.1 Å². The van der Waals surface area contributed by atoms with Crippen LogP contribution in [0.4, 0.5) is 17.3 Å². The molecule has 1 aliphatic heterocycles. The molecule has 1 fully saturated rings. The summed E-state index contributed by atoms with van der Waals surface area (Å²) in [4.78, 5) is 34.8. The van der Waals surface area contributed by atoms with Crippen LogP contribution in [0.3, 0.4) is 0 Å². The molecular weight excluding hydrogens is 362 g/mol. The average molecular weight is 378 g/mol. The molecule has 0 aromatic carbocycles. The van der Waals surface area contributed by atoms with E-state index in [1.54, 1.807) is 12.3 Å². The molecule has 0 saturated carbocycles. The van der Waals surface area contributed by atoms with E-state index in [0.717, 1.165) is 5.82 Å². The van der Waals surface area contributed by atoms with Crippen molar-refractivity contribution in [2.45, 2.75) is 0 Å². The maximum atomic E-state index is 11.6. The minimum atomic E-state index is -0.661. The fraction of sp³-hybridized carbons (Fsp3) is 0.312. The van der Waals surface area contributed by atoms with Crippen molar-refractivity contribution in [3.05, 3.63) is 51.3 Å². The van der Waals surface area contributed by atoms with Crippen molar-refractivity contribution in [3.8, 4) is 0 Å². The summed E-state index contributed by atoms with van der Waals surface area (Å²) < 4.78 is 4.59. The molecule has 1 aliphatic rings. The van der Waals surface area contributed by atoms with E-state index in [2.05, 4.69) is 19.6 Å². The first-order chi connectivity index (χ1) is 12.5. The SMILES string of the molecule is COC(=O)c1cnc(N2CCN(c3ccc(Cl)cn3)CC2)c([N+](=O)[O-])c1. The molecule has 0 bridgehead atoms. The predicted octanol–water partition coefficient (Wildman–Crippen LogP) is 2.15. The Labute approximate surface area is 154 Å². The molecule has 3 rings (SSSR count). The number of rotatable bonds is 4. The van der Waals surface area contributed by atoms with Gasteiger partial charge in [0.05, 0.1) is 22.6 Å². The summed E-state index contributed by atoms with van der Waals surface area (Å²) in [7, 11) is 1.21. The molecule has 0 radical (unpaired) electrons. The van der Waals surface area contributed by atoms with Gasteiger partial charge in [0.2, 0.25) is 5.82 Å².